The largest absolute Gasteiger partial charge is 0.433 e. The van der Waals surface area contributed by atoms with Crippen LogP contribution in [0.4, 0.5) is 13.2 Å². The van der Waals surface area contributed by atoms with Crippen LogP contribution in [0.3, 0.4) is 0 Å². The van der Waals surface area contributed by atoms with Crippen molar-refractivity contribution in [2.45, 2.75) is 13.1 Å². The Balaban J connectivity index is 2.16. The van der Waals surface area contributed by atoms with Gasteiger partial charge < -0.3 is 0 Å². The Labute approximate surface area is 170 Å². The molecule has 2 N–H and O–H groups in total. The molecule has 0 saturated heterocycles. The molecule has 1 aromatic carbocycles. The van der Waals surface area contributed by atoms with Crippen LogP contribution < -0.4 is 10.0 Å². The number of nitrogens with one attached hydrogen (secondary N) is 2. The second-order valence-corrected chi connectivity index (χ2v) is 9.07. The number of nitrogens with zero attached hydrogens (tertiary/aromatic N) is 1. The predicted molar refractivity (Wildman–Crippen MR) is 108 cm³/mol. The van der Waals surface area contributed by atoms with Gasteiger partial charge in [-0.1, -0.05) is 17.7 Å². The van der Waals surface area contributed by atoms with Crippen LogP contribution >= 0.6 is 23.8 Å². The van der Waals surface area contributed by atoms with E-state index in [1.54, 1.807) is 0 Å². The molecule has 0 aliphatic heterocycles. The summed E-state index contributed by atoms with van der Waals surface area (Å²) >= 11 is 10.8. The van der Waals surface area contributed by atoms with Crippen LogP contribution in [0.1, 0.15) is 28.5 Å². The first-order chi connectivity index (χ1) is 12.9. The minimum atomic E-state index is -4.56. The Kier molecular flexibility index (Phi) is 6.68. The van der Waals surface area contributed by atoms with E-state index in [-0.39, 0.29) is 15.5 Å². The quantitative estimate of drug-likeness (QED) is 0.556. The molecule has 5 nitrogen and oxygen atoms in total. The van der Waals surface area contributed by atoms with Gasteiger partial charge in [-0.05, 0) is 49.5 Å². The molecule has 1 atom stereocenters. The molecule has 150 valence electrons. The molecule has 1 aromatic heterocycles. The summed E-state index contributed by atoms with van der Waals surface area (Å²) in [5, 5.41) is 2.66. The molecule has 0 radical (unpaired) electrons. The van der Waals surface area contributed by atoms with E-state index in [2.05, 4.69) is 15.0 Å². The number of amides is 1. The number of hydrogen-bond donors (Lipinski definition) is 2. The highest BCUT2D eigenvalue weighted by molar-refractivity contribution is 8.01. The van der Waals surface area contributed by atoms with Gasteiger partial charge in [0.05, 0.1) is 9.71 Å². The molecule has 1 unspecified atom stereocenters. The van der Waals surface area contributed by atoms with Crippen molar-refractivity contribution in [1.29, 1.82) is 0 Å². The molecule has 28 heavy (non-hydrogen) atoms. The van der Waals surface area contributed by atoms with Crippen molar-refractivity contribution < 1.29 is 22.2 Å². The number of carbonyl (C=O) groups excluding carboxylic acids is 1. The maximum absolute atomic E-state index is 12.9. The van der Waals surface area contributed by atoms with Gasteiger partial charge in [0, 0.05) is 33.5 Å². The minimum absolute atomic E-state index is 0.188. The first-order valence-corrected chi connectivity index (χ1v) is 10.4. The van der Waals surface area contributed by atoms with E-state index in [0.717, 1.165) is 12.3 Å². The van der Waals surface area contributed by atoms with E-state index in [4.69, 9.17) is 23.8 Å². The number of thiocarbonyl (C=S) groups is 1. The number of halogens is 4. The molecule has 0 spiro atoms. The van der Waals surface area contributed by atoms with Crippen molar-refractivity contribution >= 4 is 49.4 Å². The molecule has 0 aliphatic rings. The summed E-state index contributed by atoms with van der Waals surface area (Å²) in [5.74, 6) is -0.529. The van der Waals surface area contributed by atoms with Gasteiger partial charge in [-0.15, -0.1) is 0 Å². The number of benzene rings is 1. The molecule has 0 saturated carbocycles. The predicted octanol–water partition coefficient (Wildman–Crippen LogP) is 3.43. The fourth-order valence-electron chi connectivity index (χ4n) is 2.05. The molecule has 2 aromatic rings. The number of pyridine rings is 1. The summed E-state index contributed by atoms with van der Waals surface area (Å²) in [6, 6.07) is 8.03. The van der Waals surface area contributed by atoms with Crippen molar-refractivity contribution in [2.75, 3.05) is 6.26 Å². The van der Waals surface area contributed by atoms with Crippen LogP contribution in [0.25, 0.3) is 0 Å². The lowest BCUT2D eigenvalue weighted by molar-refractivity contribution is -0.141. The van der Waals surface area contributed by atoms with Crippen molar-refractivity contribution in [3.8, 4) is 0 Å². The summed E-state index contributed by atoms with van der Waals surface area (Å²) in [4.78, 5) is 15.7. The molecule has 11 heteroatoms. The summed E-state index contributed by atoms with van der Waals surface area (Å²) in [6.07, 6.45) is -2.26. The Morgan fingerprint density at radius 3 is 2.21 bits per heavy atom. The van der Waals surface area contributed by atoms with Crippen LogP contribution in [0.15, 0.2) is 42.6 Å². The zero-order chi connectivity index (χ0) is 21.1. The molecule has 2 rings (SSSR count). The lowest BCUT2D eigenvalue weighted by Gasteiger charge is -2.15. The van der Waals surface area contributed by atoms with Gasteiger partial charge in [-0.3, -0.25) is 19.8 Å². The molecular formula is C17H15ClF3N3O2S2. The van der Waals surface area contributed by atoms with Gasteiger partial charge in [0.2, 0.25) is 0 Å². The highest BCUT2D eigenvalue weighted by atomic mass is 35.5. The van der Waals surface area contributed by atoms with Crippen LogP contribution in [0.5, 0.6) is 0 Å². The van der Waals surface area contributed by atoms with Gasteiger partial charge in [-0.2, -0.15) is 13.2 Å². The average molecular weight is 450 g/mol. The fraction of sp³-hybridized carbons (Fsp3) is 0.176. The SMILES string of the molecule is CC(c1ccc(C(F)(F)F)nc1)=S(C)(=O)NC(=S)NC(=O)c1ccc(Cl)cc1. The monoisotopic (exact) mass is 449 g/mol. The average Bonchev–Trinajstić information content (AvgIpc) is 2.60. The fourth-order valence-corrected chi connectivity index (χ4v) is 3.87. The highest BCUT2D eigenvalue weighted by Gasteiger charge is 2.32. The maximum atomic E-state index is 12.9. The lowest BCUT2D eigenvalue weighted by Crippen LogP contribution is -2.43. The summed E-state index contributed by atoms with van der Waals surface area (Å²) in [6.45, 7) is 1.48. The Morgan fingerprint density at radius 2 is 1.71 bits per heavy atom. The lowest BCUT2D eigenvalue weighted by atomic mass is 10.2. The van der Waals surface area contributed by atoms with E-state index in [1.165, 1.54) is 43.5 Å². The number of alkyl halides is 3. The van der Waals surface area contributed by atoms with Crippen LogP contribution in [0, 0.1) is 0 Å². The third kappa shape index (κ3) is 5.66. The van der Waals surface area contributed by atoms with Gasteiger partial charge >= 0.3 is 6.18 Å². The number of rotatable bonds is 3. The first kappa shape index (κ1) is 22.1. The summed E-state index contributed by atoms with van der Waals surface area (Å²) < 4.78 is 53.2. The zero-order valence-electron chi connectivity index (χ0n) is 14.6. The third-order valence-electron chi connectivity index (χ3n) is 3.67. The van der Waals surface area contributed by atoms with E-state index in [1.807, 2.05) is 0 Å². The number of aromatic nitrogens is 1. The first-order valence-electron chi connectivity index (χ1n) is 7.65. The van der Waals surface area contributed by atoms with E-state index >= 15 is 0 Å². The summed E-state index contributed by atoms with van der Waals surface area (Å²) in [5.41, 5.74) is -0.506. The minimum Gasteiger partial charge on any atom is -0.298 e. The third-order valence-corrected chi connectivity index (χ3v) is 6.25. The Morgan fingerprint density at radius 1 is 1.14 bits per heavy atom. The highest BCUT2D eigenvalue weighted by Crippen LogP contribution is 2.27. The topological polar surface area (TPSA) is 71.1 Å². The smallest absolute Gasteiger partial charge is 0.298 e. The van der Waals surface area contributed by atoms with Gasteiger partial charge in [0.1, 0.15) is 5.69 Å². The van der Waals surface area contributed by atoms with Crippen LogP contribution in [-0.4, -0.2) is 31.3 Å². The van der Waals surface area contributed by atoms with E-state index < -0.39 is 27.5 Å². The second-order valence-electron chi connectivity index (χ2n) is 5.72. The van der Waals surface area contributed by atoms with Crippen molar-refractivity contribution in [1.82, 2.24) is 15.0 Å². The van der Waals surface area contributed by atoms with Gasteiger partial charge in [0.15, 0.2) is 5.11 Å². The molecule has 0 bridgehead atoms. The van der Waals surface area contributed by atoms with Crippen LogP contribution in [0.2, 0.25) is 5.02 Å². The Hall–Kier alpha value is -2.17. The standard InChI is InChI=1S/C17H15ClF3N3O2S2/c1-10(12-5-8-14(22-9-12)17(19,20)21)28(2,26)24-16(27)23-15(25)11-3-6-13(18)7-4-11/h3-9H,1-2H3,(H2,23,24,25,26,27). The van der Waals surface area contributed by atoms with E-state index in [0.29, 0.717) is 10.6 Å². The molecule has 0 fully saturated rings. The second kappa shape index (κ2) is 8.46. The zero-order valence-corrected chi connectivity index (χ0v) is 17.0. The Bertz CT molecular complexity index is 1010. The molecular weight excluding hydrogens is 435 g/mol. The molecule has 1 heterocycles. The molecule has 0 aliphatic carbocycles. The van der Waals surface area contributed by atoms with Gasteiger partial charge in [0.25, 0.3) is 5.91 Å². The maximum Gasteiger partial charge on any atom is 0.433 e. The number of hydrogen-bond acceptors (Lipinski definition) is 4. The van der Waals surface area contributed by atoms with Gasteiger partial charge in [-0.25, -0.2) is 4.21 Å². The molecule has 1 amide bonds. The normalized spacial score (nSPS) is 13.4. The summed E-state index contributed by atoms with van der Waals surface area (Å²) in [7, 11) is -2.98. The van der Waals surface area contributed by atoms with Crippen molar-refractivity contribution in [3.63, 3.8) is 0 Å². The number of carbonyl (C=O) groups is 1. The van der Waals surface area contributed by atoms with Crippen molar-refractivity contribution in [2.24, 2.45) is 0 Å². The van der Waals surface area contributed by atoms with E-state index in [9.17, 15) is 22.2 Å². The van der Waals surface area contributed by atoms with Crippen LogP contribution in [-0.2, 0) is 15.9 Å². The van der Waals surface area contributed by atoms with Crippen molar-refractivity contribution in [3.05, 3.63) is 64.4 Å².